The van der Waals surface area contributed by atoms with Crippen molar-refractivity contribution in [2.75, 3.05) is 25.2 Å². The third kappa shape index (κ3) is 2.13. The maximum atomic E-state index is 8.79. The second kappa shape index (κ2) is 4.73. The van der Waals surface area contributed by atoms with E-state index in [4.69, 9.17) is 21.6 Å². The zero-order valence-corrected chi connectivity index (χ0v) is 9.87. The molecule has 1 aromatic rings. The lowest BCUT2D eigenvalue weighted by molar-refractivity contribution is 0.193. The summed E-state index contributed by atoms with van der Waals surface area (Å²) in [5.41, 5.74) is 1.54. The summed E-state index contributed by atoms with van der Waals surface area (Å²) < 4.78 is 5.35. The molecule has 0 N–H and O–H groups in total. The number of halogens is 1. The van der Waals surface area contributed by atoms with Crippen molar-refractivity contribution in [1.29, 1.82) is 5.26 Å². The number of nitrogens with zero attached hydrogens (tertiary/aromatic N) is 2. The highest BCUT2D eigenvalue weighted by atomic mass is 35.5. The Morgan fingerprint density at radius 1 is 1.56 bits per heavy atom. The van der Waals surface area contributed by atoms with Gasteiger partial charge in [0.15, 0.2) is 0 Å². The predicted molar refractivity (Wildman–Crippen MR) is 63.8 cm³/mol. The van der Waals surface area contributed by atoms with Crippen molar-refractivity contribution in [3.8, 4) is 6.07 Å². The van der Waals surface area contributed by atoms with Crippen LogP contribution in [-0.2, 0) is 4.74 Å². The number of hydrogen-bond acceptors (Lipinski definition) is 3. The Kier molecular flexibility index (Phi) is 3.33. The SMILES string of the molecule is CN(c1ccc(C#N)c(Cl)c1)C1CCOC1. The van der Waals surface area contributed by atoms with Gasteiger partial charge in [-0.1, -0.05) is 11.6 Å². The van der Waals surface area contributed by atoms with Gasteiger partial charge in [-0.15, -0.1) is 0 Å². The van der Waals surface area contributed by atoms with Crippen LogP contribution in [0, 0.1) is 11.3 Å². The van der Waals surface area contributed by atoms with Gasteiger partial charge in [0.05, 0.1) is 23.2 Å². The number of likely N-dealkylation sites (N-methyl/N-ethyl adjacent to an activating group) is 1. The van der Waals surface area contributed by atoms with Crippen molar-refractivity contribution in [1.82, 2.24) is 0 Å². The predicted octanol–water partition coefficient (Wildman–Crippen LogP) is 2.44. The quantitative estimate of drug-likeness (QED) is 0.791. The Hall–Kier alpha value is -1.24. The number of anilines is 1. The number of rotatable bonds is 2. The van der Waals surface area contributed by atoms with E-state index in [2.05, 4.69) is 11.0 Å². The van der Waals surface area contributed by atoms with E-state index in [1.807, 2.05) is 19.2 Å². The summed E-state index contributed by atoms with van der Waals surface area (Å²) in [5, 5.41) is 9.30. The van der Waals surface area contributed by atoms with Crippen molar-refractivity contribution in [2.24, 2.45) is 0 Å². The summed E-state index contributed by atoms with van der Waals surface area (Å²) in [7, 11) is 2.02. The van der Waals surface area contributed by atoms with Crippen LogP contribution in [0.3, 0.4) is 0 Å². The van der Waals surface area contributed by atoms with Crippen LogP contribution in [0.1, 0.15) is 12.0 Å². The van der Waals surface area contributed by atoms with Crippen LogP contribution in [0.2, 0.25) is 5.02 Å². The van der Waals surface area contributed by atoms with E-state index in [1.165, 1.54) is 0 Å². The van der Waals surface area contributed by atoms with Gasteiger partial charge in [0.2, 0.25) is 0 Å². The highest BCUT2D eigenvalue weighted by molar-refractivity contribution is 6.32. The van der Waals surface area contributed by atoms with Gasteiger partial charge in [-0.25, -0.2) is 0 Å². The molecule has 0 radical (unpaired) electrons. The molecule has 4 heteroatoms. The molecule has 3 nitrogen and oxygen atoms in total. The van der Waals surface area contributed by atoms with Gasteiger partial charge in [0.25, 0.3) is 0 Å². The summed E-state index contributed by atoms with van der Waals surface area (Å²) >= 11 is 6.00. The van der Waals surface area contributed by atoms with Crippen molar-refractivity contribution in [2.45, 2.75) is 12.5 Å². The van der Waals surface area contributed by atoms with E-state index in [9.17, 15) is 0 Å². The molecule has 1 aromatic carbocycles. The molecule has 1 unspecified atom stereocenters. The van der Waals surface area contributed by atoms with E-state index in [1.54, 1.807) is 6.07 Å². The van der Waals surface area contributed by atoms with Crippen LogP contribution >= 0.6 is 11.6 Å². The molecule has 0 aliphatic carbocycles. The third-order valence-electron chi connectivity index (χ3n) is 2.93. The lowest BCUT2D eigenvalue weighted by Gasteiger charge is -2.25. The van der Waals surface area contributed by atoms with E-state index in [-0.39, 0.29) is 0 Å². The maximum absolute atomic E-state index is 8.79. The van der Waals surface area contributed by atoms with Crippen LogP contribution in [0.25, 0.3) is 0 Å². The van der Waals surface area contributed by atoms with Crippen LogP contribution in [0.15, 0.2) is 18.2 Å². The largest absolute Gasteiger partial charge is 0.379 e. The minimum atomic E-state index is 0.406. The summed E-state index contributed by atoms with van der Waals surface area (Å²) in [6.07, 6.45) is 1.04. The lowest BCUT2D eigenvalue weighted by Crippen LogP contribution is -2.31. The molecular formula is C12H13ClN2O. The molecular weight excluding hydrogens is 224 g/mol. The second-order valence-corrected chi connectivity index (χ2v) is 4.31. The Labute approximate surface area is 100 Å². The van der Waals surface area contributed by atoms with Crippen LogP contribution < -0.4 is 4.90 Å². The standard InChI is InChI=1S/C12H13ClN2O/c1-15(11-4-5-16-8-11)10-3-2-9(7-14)12(13)6-10/h2-3,6,11H,4-5,8H2,1H3. The van der Waals surface area contributed by atoms with Gasteiger partial charge in [-0.05, 0) is 24.6 Å². The van der Waals surface area contributed by atoms with Gasteiger partial charge in [-0.2, -0.15) is 5.26 Å². The minimum Gasteiger partial charge on any atom is -0.379 e. The van der Waals surface area contributed by atoms with E-state index in [0.29, 0.717) is 16.6 Å². The number of benzene rings is 1. The topological polar surface area (TPSA) is 36.3 Å². The Balaban J connectivity index is 2.20. The van der Waals surface area contributed by atoms with Gasteiger partial charge in [0.1, 0.15) is 6.07 Å². The van der Waals surface area contributed by atoms with Crippen LogP contribution in [-0.4, -0.2) is 26.3 Å². The zero-order valence-electron chi connectivity index (χ0n) is 9.11. The number of ether oxygens (including phenoxy) is 1. The molecule has 16 heavy (non-hydrogen) atoms. The van der Waals surface area contributed by atoms with Gasteiger partial charge in [0, 0.05) is 19.3 Å². The molecule has 1 aliphatic heterocycles. The third-order valence-corrected chi connectivity index (χ3v) is 3.25. The highest BCUT2D eigenvalue weighted by Crippen LogP contribution is 2.25. The maximum Gasteiger partial charge on any atom is 0.101 e. The fourth-order valence-corrected chi connectivity index (χ4v) is 2.07. The average Bonchev–Trinajstić information content (AvgIpc) is 2.81. The summed E-state index contributed by atoms with van der Waals surface area (Å²) in [6, 6.07) is 7.97. The van der Waals surface area contributed by atoms with E-state index >= 15 is 0 Å². The molecule has 1 saturated heterocycles. The molecule has 1 aliphatic rings. The van der Waals surface area contributed by atoms with Gasteiger partial charge >= 0.3 is 0 Å². The first-order chi connectivity index (χ1) is 7.72. The Morgan fingerprint density at radius 2 is 2.38 bits per heavy atom. The summed E-state index contributed by atoms with van der Waals surface area (Å²) in [4.78, 5) is 2.15. The molecule has 2 rings (SSSR count). The smallest absolute Gasteiger partial charge is 0.101 e. The fraction of sp³-hybridized carbons (Fsp3) is 0.417. The first-order valence-corrected chi connectivity index (χ1v) is 5.60. The highest BCUT2D eigenvalue weighted by Gasteiger charge is 2.20. The first-order valence-electron chi connectivity index (χ1n) is 5.22. The Morgan fingerprint density at radius 3 is 2.94 bits per heavy atom. The molecule has 1 fully saturated rings. The zero-order chi connectivity index (χ0) is 11.5. The lowest BCUT2D eigenvalue weighted by atomic mass is 10.1. The molecule has 1 heterocycles. The molecule has 0 aromatic heterocycles. The van der Waals surface area contributed by atoms with Gasteiger partial charge < -0.3 is 9.64 Å². The van der Waals surface area contributed by atoms with Crippen molar-refractivity contribution < 1.29 is 4.74 Å². The monoisotopic (exact) mass is 236 g/mol. The molecule has 0 amide bonds. The molecule has 0 spiro atoms. The minimum absolute atomic E-state index is 0.406. The van der Waals surface area contributed by atoms with Crippen molar-refractivity contribution in [3.63, 3.8) is 0 Å². The van der Waals surface area contributed by atoms with Crippen LogP contribution in [0.5, 0.6) is 0 Å². The first kappa shape index (κ1) is 11.3. The summed E-state index contributed by atoms with van der Waals surface area (Å²) in [6.45, 7) is 1.58. The second-order valence-electron chi connectivity index (χ2n) is 3.90. The Bertz CT molecular complexity index is 422. The van der Waals surface area contributed by atoms with Crippen molar-refractivity contribution in [3.05, 3.63) is 28.8 Å². The number of hydrogen-bond donors (Lipinski definition) is 0. The fourth-order valence-electron chi connectivity index (χ4n) is 1.85. The molecule has 1 atom stereocenters. The molecule has 0 saturated carbocycles. The number of nitriles is 1. The molecule has 84 valence electrons. The van der Waals surface area contributed by atoms with E-state index < -0.39 is 0 Å². The van der Waals surface area contributed by atoms with Gasteiger partial charge in [-0.3, -0.25) is 0 Å². The van der Waals surface area contributed by atoms with E-state index in [0.717, 1.165) is 25.3 Å². The van der Waals surface area contributed by atoms with Crippen LogP contribution in [0.4, 0.5) is 5.69 Å². The average molecular weight is 237 g/mol. The molecule has 0 bridgehead atoms. The summed E-state index contributed by atoms with van der Waals surface area (Å²) in [5.74, 6) is 0. The normalized spacial score (nSPS) is 19.4. The van der Waals surface area contributed by atoms with Crippen molar-refractivity contribution >= 4 is 17.3 Å².